The molecule has 1 aliphatic rings. The van der Waals surface area contributed by atoms with Gasteiger partial charge in [0.15, 0.2) is 0 Å². The molecule has 0 bridgehead atoms. The maximum Gasteiger partial charge on any atom is 0.138 e. The summed E-state index contributed by atoms with van der Waals surface area (Å²) in [6.45, 7) is 3.60. The molecule has 19 heavy (non-hydrogen) atoms. The number of benzene rings is 1. The third kappa shape index (κ3) is 4.76. The van der Waals surface area contributed by atoms with E-state index in [1.54, 1.807) is 18.9 Å². The smallest absolute Gasteiger partial charge is 0.138 e. The molecule has 1 saturated heterocycles. The Morgan fingerprint density at radius 1 is 1.26 bits per heavy atom. The first-order valence-corrected chi connectivity index (χ1v) is 7.86. The van der Waals surface area contributed by atoms with Gasteiger partial charge in [-0.2, -0.15) is 0 Å². The SMILES string of the molecule is COCCN1CN(CCc2ccccc2)CSC1=S. The third-order valence-corrected chi connectivity index (χ3v) is 4.74. The van der Waals surface area contributed by atoms with Gasteiger partial charge in [-0.1, -0.05) is 54.3 Å². The number of nitrogens with zero attached hydrogens (tertiary/aromatic N) is 2. The van der Waals surface area contributed by atoms with Crippen molar-refractivity contribution in [3.63, 3.8) is 0 Å². The van der Waals surface area contributed by atoms with E-state index in [0.717, 1.165) is 43.0 Å². The fourth-order valence-corrected chi connectivity index (χ4v) is 3.15. The van der Waals surface area contributed by atoms with E-state index in [4.69, 9.17) is 17.0 Å². The van der Waals surface area contributed by atoms with Crippen LogP contribution in [0.25, 0.3) is 0 Å². The van der Waals surface area contributed by atoms with Crippen molar-refractivity contribution in [1.29, 1.82) is 0 Å². The Bertz CT molecular complexity index is 400. The molecule has 0 N–H and O–H groups in total. The van der Waals surface area contributed by atoms with Crippen molar-refractivity contribution in [1.82, 2.24) is 9.80 Å². The number of thioether (sulfide) groups is 1. The van der Waals surface area contributed by atoms with Crippen molar-refractivity contribution in [3.8, 4) is 0 Å². The summed E-state index contributed by atoms with van der Waals surface area (Å²) < 4.78 is 6.12. The van der Waals surface area contributed by atoms with Gasteiger partial charge < -0.3 is 9.64 Å². The first-order valence-electron chi connectivity index (χ1n) is 6.46. The first kappa shape index (κ1) is 14.8. The van der Waals surface area contributed by atoms with Gasteiger partial charge >= 0.3 is 0 Å². The largest absolute Gasteiger partial charge is 0.383 e. The van der Waals surface area contributed by atoms with Crippen LogP contribution in [0.1, 0.15) is 5.56 Å². The Hall–Kier alpha value is -0.620. The summed E-state index contributed by atoms with van der Waals surface area (Å²) in [4.78, 5) is 4.65. The predicted molar refractivity (Wildman–Crippen MR) is 85.4 cm³/mol. The predicted octanol–water partition coefficient (Wildman–Crippen LogP) is 2.43. The molecular formula is C14H20N2OS2. The van der Waals surface area contributed by atoms with E-state index in [1.807, 2.05) is 0 Å². The highest BCUT2D eigenvalue weighted by atomic mass is 32.2. The Morgan fingerprint density at radius 3 is 2.79 bits per heavy atom. The number of ether oxygens (including phenoxy) is 1. The Morgan fingerprint density at radius 2 is 2.05 bits per heavy atom. The monoisotopic (exact) mass is 296 g/mol. The molecule has 0 radical (unpaired) electrons. The number of thiocarbonyl (C=S) groups is 1. The fourth-order valence-electron chi connectivity index (χ4n) is 2.01. The third-order valence-electron chi connectivity index (χ3n) is 3.12. The standard InChI is InChI=1S/C14H20N2OS2/c1-17-10-9-16-11-15(12-19-14(16)18)8-7-13-5-3-2-4-6-13/h2-6H,7-12H2,1H3. The van der Waals surface area contributed by atoms with Crippen molar-refractivity contribution in [3.05, 3.63) is 35.9 Å². The van der Waals surface area contributed by atoms with Gasteiger partial charge in [-0.15, -0.1) is 0 Å². The molecule has 2 rings (SSSR count). The Balaban J connectivity index is 1.79. The highest BCUT2D eigenvalue weighted by molar-refractivity contribution is 8.22. The zero-order valence-electron chi connectivity index (χ0n) is 11.2. The van der Waals surface area contributed by atoms with Gasteiger partial charge in [0.25, 0.3) is 0 Å². The summed E-state index contributed by atoms with van der Waals surface area (Å²) in [5.41, 5.74) is 1.39. The molecule has 0 saturated carbocycles. The molecule has 0 aliphatic carbocycles. The van der Waals surface area contributed by atoms with E-state index in [1.165, 1.54) is 5.56 Å². The van der Waals surface area contributed by atoms with Gasteiger partial charge in [0, 0.05) is 20.2 Å². The van der Waals surface area contributed by atoms with E-state index in [2.05, 4.69) is 40.1 Å². The van der Waals surface area contributed by atoms with Crippen LogP contribution in [0.3, 0.4) is 0 Å². The molecule has 0 spiro atoms. The Kier molecular flexibility index (Phi) is 6.10. The average Bonchev–Trinajstić information content (AvgIpc) is 2.46. The van der Waals surface area contributed by atoms with Crippen LogP contribution in [-0.4, -0.2) is 53.5 Å². The van der Waals surface area contributed by atoms with Gasteiger partial charge in [-0.05, 0) is 12.0 Å². The molecule has 3 nitrogen and oxygen atoms in total. The van der Waals surface area contributed by atoms with E-state index in [-0.39, 0.29) is 0 Å². The summed E-state index contributed by atoms with van der Waals surface area (Å²) in [7, 11) is 1.73. The zero-order chi connectivity index (χ0) is 13.5. The molecule has 1 heterocycles. The summed E-state index contributed by atoms with van der Waals surface area (Å²) in [5, 5.41) is 0. The number of methoxy groups -OCH3 is 1. The summed E-state index contributed by atoms with van der Waals surface area (Å²) in [6, 6.07) is 10.6. The lowest BCUT2D eigenvalue weighted by Gasteiger charge is -2.36. The lowest BCUT2D eigenvalue weighted by molar-refractivity contribution is 0.147. The number of hydrogen-bond donors (Lipinski definition) is 0. The van der Waals surface area contributed by atoms with Crippen LogP contribution in [0.5, 0.6) is 0 Å². The van der Waals surface area contributed by atoms with Crippen LogP contribution < -0.4 is 0 Å². The molecule has 5 heteroatoms. The fraction of sp³-hybridized carbons (Fsp3) is 0.500. The molecule has 1 aliphatic heterocycles. The zero-order valence-corrected chi connectivity index (χ0v) is 12.9. The van der Waals surface area contributed by atoms with Crippen LogP contribution in [0.15, 0.2) is 30.3 Å². The van der Waals surface area contributed by atoms with Gasteiger partial charge in [0.1, 0.15) is 4.32 Å². The molecule has 104 valence electrons. The second kappa shape index (κ2) is 7.85. The number of rotatable bonds is 6. The normalized spacial score (nSPS) is 16.9. The molecular weight excluding hydrogens is 276 g/mol. The molecule has 0 atom stereocenters. The van der Waals surface area contributed by atoms with Gasteiger partial charge in [-0.25, -0.2) is 0 Å². The first-order chi connectivity index (χ1) is 9.29. The lowest BCUT2D eigenvalue weighted by atomic mass is 10.1. The van der Waals surface area contributed by atoms with Crippen molar-refractivity contribution in [2.24, 2.45) is 0 Å². The van der Waals surface area contributed by atoms with E-state index < -0.39 is 0 Å². The van der Waals surface area contributed by atoms with Crippen LogP contribution >= 0.6 is 24.0 Å². The minimum absolute atomic E-state index is 0.729. The van der Waals surface area contributed by atoms with Crippen LogP contribution in [0, 0.1) is 0 Å². The van der Waals surface area contributed by atoms with Crippen LogP contribution in [0.2, 0.25) is 0 Å². The molecule has 0 aromatic heterocycles. The number of hydrogen-bond acceptors (Lipinski definition) is 4. The van der Waals surface area contributed by atoms with Crippen molar-refractivity contribution in [2.75, 3.05) is 39.4 Å². The summed E-state index contributed by atoms with van der Waals surface area (Å²) in [6.07, 6.45) is 1.09. The highest BCUT2D eigenvalue weighted by Gasteiger charge is 2.20. The van der Waals surface area contributed by atoms with E-state index in [9.17, 15) is 0 Å². The van der Waals surface area contributed by atoms with Crippen LogP contribution in [-0.2, 0) is 11.2 Å². The molecule has 1 aromatic carbocycles. The van der Waals surface area contributed by atoms with E-state index >= 15 is 0 Å². The van der Waals surface area contributed by atoms with Crippen molar-refractivity contribution >= 4 is 28.3 Å². The minimum Gasteiger partial charge on any atom is -0.383 e. The Labute approximate surface area is 124 Å². The lowest BCUT2D eigenvalue weighted by Crippen LogP contribution is -2.46. The summed E-state index contributed by atoms with van der Waals surface area (Å²) >= 11 is 7.13. The van der Waals surface area contributed by atoms with Gasteiger partial charge in [0.2, 0.25) is 0 Å². The molecule has 0 amide bonds. The second-order valence-corrected chi connectivity index (χ2v) is 6.15. The van der Waals surface area contributed by atoms with Gasteiger partial charge in [0.05, 0.1) is 19.2 Å². The van der Waals surface area contributed by atoms with Crippen molar-refractivity contribution < 1.29 is 4.74 Å². The quantitative estimate of drug-likeness (QED) is 0.747. The summed E-state index contributed by atoms with van der Waals surface area (Å²) in [5.74, 6) is 0.995. The maximum atomic E-state index is 5.38. The van der Waals surface area contributed by atoms with Crippen molar-refractivity contribution in [2.45, 2.75) is 6.42 Å². The average molecular weight is 296 g/mol. The van der Waals surface area contributed by atoms with E-state index in [0.29, 0.717) is 0 Å². The topological polar surface area (TPSA) is 15.7 Å². The molecule has 1 fully saturated rings. The minimum atomic E-state index is 0.729. The maximum absolute atomic E-state index is 5.38. The molecule has 0 unspecified atom stereocenters. The highest BCUT2D eigenvalue weighted by Crippen LogP contribution is 2.18. The second-order valence-electron chi connectivity index (χ2n) is 4.57. The van der Waals surface area contributed by atoms with Crippen LogP contribution in [0.4, 0.5) is 0 Å². The van der Waals surface area contributed by atoms with Gasteiger partial charge in [-0.3, -0.25) is 4.90 Å². The molecule has 1 aromatic rings.